The maximum atomic E-state index is 13.2. The molecule has 0 aliphatic carbocycles. The first-order valence-corrected chi connectivity index (χ1v) is 12.6. The Bertz CT molecular complexity index is 1050. The number of halogens is 5. The van der Waals surface area contributed by atoms with E-state index in [4.69, 9.17) is 23.2 Å². The molecule has 11 heteroatoms. The lowest BCUT2D eigenvalue weighted by Gasteiger charge is -2.35. The van der Waals surface area contributed by atoms with Crippen molar-refractivity contribution in [2.45, 2.75) is 42.8 Å². The van der Waals surface area contributed by atoms with Gasteiger partial charge in [-0.2, -0.15) is 17.9 Å². The summed E-state index contributed by atoms with van der Waals surface area (Å²) in [6, 6.07) is 12.2. The highest BCUT2D eigenvalue weighted by atomic mass is 35.5. The molecule has 1 fully saturated rings. The summed E-state index contributed by atoms with van der Waals surface area (Å²) in [6.45, 7) is -0.196. The molecule has 1 amide bonds. The largest absolute Gasteiger partial charge is 0.391 e. The van der Waals surface area contributed by atoms with E-state index in [1.807, 2.05) is 30.3 Å². The molecular weight excluding hydrogens is 500 g/mol. The molecule has 180 valence electrons. The highest BCUT2D eigenvalue weighted by molar-refractivity contribution is 7.89. The second-order valence-corrected chi connectivity index (χ2v) is 10.4. The Morgan fingerprint density at radius 2 is 1.61 bits per heavy atom. The quantitative estimate of drug-likeness (QED) is 0.551. The first-order chi connectivity index (χ1) is 15.5. The minimum atomic E-state index is -4.32. The molecule has 2 aromatic rings. The maximum Gasteiger partial charge on any atom is 0.391 e. The second kappa shape index (κ2) is 10.6. The Labute approximate surface area is 200 Å². The van der Waals surface area contributed by atoms with Crippen LogP contribution in [0.15, 0.2) is 53.4 Å². The number of benzene rings is 2. The Hall–Kier alpha value is -1.81. The van der Waals surface area contributed by atoms with Gasteiger partial charge in [0.05, 0.1) is 16.0 Å². The van der Waals surface area contributed by atoms with Crippen molar-refractivity contribution in [2.24, 2.45) is 5.92 Å². The van der Waals surface area contributed by atoms with E-state index < -0.39 is 34.1 Å². The summed E-state index contributed by atoms with van der Waals surface area (Å²) in [4.78, 5) is 14.1. The summed E-state index contributed by atoms with van der Waals surface area (Å²) in [5.74, 6) is -2.04. The fourth-order valence-corrected chi connectivity index (χ4v) is 6.19. The molecule has 0 unspecified atom stereocenters. The molecule has 33 heavy (non-hydrogen) atoms. The molecule has 1 aliphatic rings. The SMILES string of the molecule is O=C([C@@H](CCc1ccccc1)NS(=O)(=O)c1c(Cl)cccc1Cl)N1CCC(C(F)(F)F)CC1. The average molecular weight is 523 g/mol. The van der Waals surface area contributed by atoms with E-state index in [0.717, 1.165) is 5.56 Å². The van der Waals surface area contributed by atoms with Gasteiger partial charge in [0.15, 0.2) is 0 Å². The summed E-state index contributed by atoms with van der Waals surface area (Å²) in [7, 11) is -4.28. The zero-order valence-corrected chi connectivity index (χ0v) is 19.8. The van der Waals surface area contributed by atoms with E-state index in [2.05, 4.69) is 4.72 Å². The third-order valence-electron chi connectivity index (χ3n) is 5.62. The van der Waals surface area contributed by atoms with E-state index in [1.54, 1.807) is 0 Å². The fourth-order valence-electron chi connectivity index (χ4n) is 3.82. The van der Waals surface area contributed by atoms with Crippen molar-refractivity contribution >= 4 is 39.1 Å². The molecule has 0 saturated carbocycles. The van der Waals surface area contributed by atoms with Crippen LogP contribution in [-0.2, 0) is 21.2 Å². The summed E-state index contributed by atoms with van der Waals surface area (Å²) in [5.41, 5.74) is 0.890. The van der Waals surface area contributed by atoms with Crippen LogP contribution >= 0.6 is 23.2 Å². The van der Waals surface area contributed by atoms with Crippen LogP contribution in [0.3, 0.4) is 0 Å². The van der Waals surface area contributed by atoms with Crippen molar-refractivity contribution in [3.8, 4) is 0 Å². The number of carbonyl (C=O) groups excluding carboxylic acids is 1. The first kappa shape index (κ1) is 25.8. The lowest BCUT2D eigenvalue weighted by molar-refractivity contribution is -0.186. The highest BCUT2D eigenvalue weighted by Gasteiger charge is 2.42. The summed E-state index contributed by atoms with van der Waals surface area (Å²) >= 11 is 12.1. The van der Waals surface area contributed by atoms with Crippen molar-refractivity contribution in [3.05, 3.63) is 64.1 Å². The molecule has 1 N–H and O–H groups in total. The van der Waals surface area contributed by atoms with Gasteiger partial charge >= 0.3 is 6.18 Å². The molecule has 1 saturated heterocycles. The number of hydrogen-bond donors (Lipinski definition) is 1. The maximum absolute atomic E-state index is 13.2. The molecular formula is C22H23Cl2F3N2O3S. The summed E-state index contributed by atoms with van der Waals surface area (Å²) in [6.07, 6.45) is -4.25. The molecule has 0 spiro atoms. The summed E-state index contributed by atoms with van der Waals surface area (Å²) < 4.78 is 67.5. The van der Waals surface area contributed by atoms with Gasteiger partial charge in [0.1, 0.15) is 10.9 Å². The second-order valence-electron chi connectivity index (χ2n) is 7.89. The van der Waals surface area contributed by atoms with Gasteiger partial charge in [-0.3, -0.25) is 4.79 Å². The molecule has 5 nitrogen and oxygen atoms in total. The van der Waals surface area contributed by atoms with E-state index >= 15 is 0 Å². The van der Waals surface area contributed by atoms with Crippen LogP contribution in [0.4, 0.5) is 13.2 Å². The van der Waals surface area contributed by atoms with Crippen LogP contribution in [0, 0.1) is 5.92 Å². The molecule has 0 aromatic heterocycles. The number of nitrogens with zero attached hydrogens (tertiary/aromatic N) is 1. The Kier molecular flexibility index (Phi) is 8.31. The Balaban J connectivity index is 1.81. The summed E-state index contributed by atoms with van der Waals surface area (Å²) in [5, 5.41) is -0.203. The monoisotopic (exact) mass is 522 g/mol. The van der Waals surface area contributed by atoms with E-state index in [1.165, 1.54) is 23.1 Å². The first-order valence-electron chi connectivity index (χ1n) is 10.3. The number of sulfonamides is 1. The molecule has 2 aromatic carbocycles. The van der Waals surface area contributed by atoms with Crippen molar-refractivity contribution in [2.75, 3.05) is 13.1 Å². The number of nitrogens with one attached hydrogen (secondary N) is 1. The van der Waals surface area contributed by atoms with Crippen LogP contribution in [-0.4, -0.2) is 44.5 Å². The Morgan fingerprint density at radius 1 is 1.03 bits per heavy atom. The van der Waals surface area contributed by atoms with Crippen molar-refractivity contribution < 1.29 is 26.4 Å². The molecule has 1 aliphatic heterocycles. The standard InChI is InChI=1S/C22H23Cl2F3N2O3S/c23-17-7-4-8-18(24)20(17)33(31,32)28-19(10-9-15-5-2-1-3-6-15)21(30)29-13-11-16(12-14-29)22(25,26)27/h1-8,16,19,28H,9-14H2/t19-/m1/s1. The van der Waals surface area contributed by atoms with Gasteiger partial charge in [-0.15, -0.1) is 0 Å². The Morgan fingerprint density at radius 3 is 2.15 bits per heavy atom. The van der Waals surface area contributed by atoms with Gasteiger partial charge in [0.2, 0.25) is 15.9 Å². The van der Waals surface area contributed by atoms with Crippen molar-refractivity contribution in [1.82, 2.24) is 9.62 Å². The van der Waals surface area contributed by atoms with Gasteiger partial charge in [0, 0.05) is 13.1 Å². The lowest BCUT2D eigenvalue weighted by Crippen LogP contribution is -2.51. The number of aryl methyl sites for hydroxylation is 1. The van der Waals surface area contributed by atoms with Gasteiger partial charge < -0.3 is 4.90 Å². The minimum Gasteiger partial charge on any atom is -0.341 e. The number of rotatable bonds is 7. The van der Waals surface area contributed by atoms with E-state index in [-0.39, 0.29) is 47.3 Å². The highest BCUT2D eigenvalue weighted by Crippen LogP contribution is 2.34. The zero-order chi connectivity index (χ0) is 24.2. The molecule has 3 rings (SSSR count). The predicted molar refractivity (Wildman–Crippen MR) is 121 cm³/mol. The van der Waals surface area contributed by atoms with Gasteiger partial charge in [-0.25, -0.2) is 8.42 Å². The number of carbonyl (C=O) groups is 1. The van der Waals surface area contributed by atoms with Crippen LogP contribution in [0.1, 0.15) is 24.8 Å². The van der Waals surface area contributed by atoms with Crippen LogP contribution < -0.4 is 4.72 Å². The smallest absolute Gasteiger partial charge is 0.341 e. The molecule has 0 bridgehead atoms. The van der Waals surface area contributed by atoms with Crippen LogP contribution in [0.25, 0.3) is 0 Å². The third-order valence-corrected chi connectivity index (χ3v) is 8.04. The number of likely N-dealkylation sites (tertiary alicyclic amines) is 1. The normalized spacial score (nSPS) is 16.6. The van der Waals surface area contributed by atoms with Crippen molar-refractivity contribution in [3.63, 3.8) is 0 Å². The number of piperidine rings is 1. The van der Waals surface area contributed by atoms with Gasteiger partial charge in [0.25, 0.3) is 0 Å². The number of amides is 1. The van der Waals surface area contributed by atoms with E-state index in [0.29, 0.717) is 6.42 Å². The minimum absolute atomic E-state index is 0.0978. The topological polar surface area (TPSA) is 66.5 Å². The molecule has 0 radical (unpaired) electrons. The fraction of sp³-hybridized carbons (Fsp3) is 0.409. The number of alkyl halides is 3. The van der Waals surface area contributed by atoms with Gasteiger partial charge in [-0.05, 0) is 43.4 Å². The van der Waals surface area contributed by atoms with Gasteiger partial charge in [-0.1, -0.05) is 59.6 Å². The number of hydrogen-bond acceptors (Lipinski definition) is 3. The molecule has 1 heterocycles. The molecule has 1 atom stereocenters. The third kappa shape index (κ3) is 6.62. The van der Waals surface area contributed by atoms with E-state index in [9.17, 15) is 26.4 Å². The zero-order valence-electron chi connectivity index (χ0n) is 17.5. The van der Waals surface area contributed by atoms with Crippen LogP contribution in [0.2, 0.25) is 10.0 Å². The lowest BCUT2D eigenvalue weighted by atomic mass is 9.95. The van der Waals surface area contributed by atoms with Crippen LogP contribution in [0.5, 0.6) is 0 Å². The van der Waals surface area contributed by atoms with Crippen molar-refractivity contribution in [1.29, 1.82) is 0 Å². The predicted octanol–water partition coefficient (Wildman–Crippen LogP) is 5.07. The average Bonchev–Trinajstić information content (AvgIpc) is 2.76.